The molecule has 0 spiro atoms. The van der Waals surface area contributed by atoms with Crippen LogP contribution in [-0.2, 0) is 21.2 Å². The van der Waals surface area contributed by atoms with Crippen molar-refractivity contribution in [2.24, 2.45) is 0 Å². The lowest BCUT2D eigenvalue weighted by molar-refractivity contribution is -0.136. The van der Waals surface area contributed by atoms with Gasteiger partial charge in [-0.2, -0.15) is 4.98 Å². The number of methoxy groups -OCH3 is 2. The van der Waals surface area contributed by atoms with E-state index < -0.39 is 16.0 Å². The molecule has 33 heavy (non-hydrogen) atoms. The lowest BCUT2D eigenvalue weighted by Gasteiger charge is -2.11. The van der Waals surface area contributed by atoms with Gasteiger partial charge in [0.1, 0.15) is 0 Å². The average molecular weight is 468 g/mol. The van der Waals surface area contributed by atoms with Gasteiger partial charge in [0, 0.05) is 24.2 Å². The van der Waals surface area contributed by atoms with Crippen molar-refractivity contribution >= 4 is 26.9 Å². The number of carboxylic acid groups (broad SMARTS) is 1. The molecular formula is C23H21N3O6S. The Kier molecular flexibility index (Phi) is 6.01. The minimum atomic E-state index is -3.98. The van der Waals surface area contributed by atoms with E-state index in [0.717, 1.165) is 0 Å². The first-order valence-electron chi connectivity index (χ1n) is 9.97. The summed E-state index contributed by atoms with van der Waals surface area (Å²) in [5, 5.41) is 9.75. The van der Waals surface area contributed by atoms with Gasteiger partial charge in [-0.3, -0.25) is 4.79 Å². The molecule has 0 fully saturated rings. The van der Waals surface area contributed by atoms with Crippen molar-refractivity contribution in [1.82, 2.24) is 13.9 Å². The van der Waals surface area contributed by atoms with Crippen molar-refractivity contribution in [3.63, 3.8) is 0 Å². The van der Waals surface area contributed by atoms with Gasteiger partial charge < -0.3 is 14.6 Å². The number of nitrogens with zero attached hydrogens (tertiary/aromatic N) is 3. The quantitative estimate of drug-likeness (QED) is 0.419. The van der Waals surface area contributed by atoms with Crippen LogP contribution in [0.5, 0.6) is 11.9 Å². The normalized spacial score (nSPS) is 11.5. The van der Waals surface area contributed by atoms with Crippen LogP contribution in [0.4, 0.5) is 0 Å². The number of ether oxygens (including phenoxy) is 2. The van der Waals surface area contributed by atoms with E-state index in [1.54, 1.807) is 36.4 Å². The first kappa shape index (κ1) is 22.3. The summed E-state index contributed by atoms with van der Waals surface area (Å²) in [6.45, 7) is 0. The smallest absolute Gasteiger partial charge is 0.319 e. The van der Waals surface area contributed by atoms with E-state index in [2.05, 4.69) is 9.97 Å². The molecule has 0 aliphatic carbocycles. The molecule has 170 valence electrons. The van der Waals surface area contributed by atoms with Gasteiger partial charge in [0.05, 0.1) is 30.2 Å². The number of fused-ring (bicyclic) bond motifs is 1. The highest BCUT2D eigenvalue weighted by molar-refractivity contribution is 7.90. The number of aliphatic carboxylic acids is 1. The zero-order chi connectivity index (χ0) is 23.6. The molecule has 2 aromatic heterocycles. The average Bonchev–Trinajstić information content (AvgIpc) is 3.22. The number of rotatable bonds is 8. The third-order valence-electron chi connectivity index (χ3n) is 5.18. The Balaban J connectivity index is 1.81. The fourth-order valence-electron chi connectivity index (χ4n) is 3.60. The van der Waals surface area contributed by atoms with Crippen LogP contribution in [0, 0.1) is 0 Å². The maximum absolute atomic E-state index is 13.6. The Morgan fingerprint density at radius 1 is 1.09 bits per heavy atom. The van der Waals surface area contributed by atoms with Crippen molar-refractivity contribution in [1.29, 1.82) is 0 Å². The number of aromatic nitrogens is 3. The second kappa shape index (κ2) is 8.91. The first-order chi connectivity index (χ1) is 15.8. The molecule has 0 saturated heterocycles. The van der Waals surface area contributed by atoms with Crippen molar-refractivity contribution in [3.05, 3.63) is 66.5 Å². The third-order valence-corrected chi connectivity index (χ3v) is 6.85. The lowest BCUT2D eigenvalue weighted by Crippen LogP contribution is -2.12. The van der Waals surface area contributed by atoms with Gasteiger partial charge in [0.2, 0.25) is 5.88 Å². The molecule has 0 aliphatic heterocycles. The van der Waals surface area contributed by atoms with E-state index in [4.69, 9.17) is 14.6 Å². The predicted molar refractivity (Wildman–Crippen MR) is 121 cm³/mol. The zero-order valence-corrected chi connectivity index (χ0v) is 18.7. The summed E-state index contributed by atoms with van der Waals surface area (Å²) in [7, 11) is -1.09. The minimum Gasteiger partial charge on any atom is -0.481 e. The number of benzene rings is 2. The molecule has 10 heteroatoms. The molecule has 1 N–H and O–H groups in total. The Morgan fingerprint density at radius 3 is 2.61 bits per heavy atom. The van der Waals surface area contributed by atoms with Crippen LogP contribution in [0.15, 0.2) is 65.8 Å². The number of hydrogen-bond donors (Lipinski definition) is 1. The Hall–Kier alpha value is -3.92. The number of carbonyl (C=O) groups is 1. The molecule has 0 amide bonds. The lowest BCUT2D eigenvalue weighted by atomic mass is 10.1. The molecule has 2 heterocycles. The molecule has 0 radical (unpaired) electrons. The minimum absolute atomic E-state index is 0.0587. The topological polar surface area (TPSA) is 121 Å². The number of para-hydroxylation sites is 1. The molecule has 4 rings (SSSR count). The largest absolute Gasteiger partial charge is 0.481 e. The molecule has 0 bridgehead atoms. The van der Waals surface area contributed by atoms with Gasteiger partial charge in [-0.15, -0.1) is 0 Å². The second-order valence-electron chi connectivity index (χ2n) is 7.17. The van der Waals surface area contributed by atoms with Gasteiger partial charge in [0.25, 0.3) is 10.0 Å². The van der Waals surface area contributed by atoms with Crippen LogP contribution in [0.1, 0.15) is 12.0 Å². The Bertz CT molecular complexity index is 1450. The van der Waals surface area contributed by atoms with Crippen LogP contribution in [-0.4, -0.2) is 47.7 Å². The van der Waals surface area contributed by atoms with Gasteiger partial charge in [-0.1, -0.05) is 30.3 Å². The maximum atomic E-state index is 13.6. The van der Waals surface area contributed by atoms with Crippen molar-refractivity contribution < 1.29 is 27.8 Å². The summed E-state index contributed by atoms with van der Waals surface area (Å²) < 4.78 is 38.7. The van der Waals surface area contributed by atoms with E-state index in [1.165, 1.54) is 42.7 Å². The summed E-state index contributed by atoms with van der Waals surface area (Å²) in [4.78, 5) is 19.4. The molecule has 0 saturated carbocycles. The molecule has 4 aromatic rings. The fraction of sp³-hybridized carbons (Fsp3) is 0.174. The summed E-state index contributed by atoms with van der Waals surface area (Å²) >= 11 is 0. The molecule has 0 unspecified atom stereocenters. The van der Waals surface area contributed by atoms with Crippen LogP contribution >= 0.6 is 0 Å². The third kappa shape index (κ3) is 4.24. The number of aryl methyl sites for hydroxylation is 1. The summed E-state index contributed by atoms with van der Waals surface area (Å²) in [6, 6.07) is 13.5. The van der Waals surface area contributed by atoms with Crippen LogP contribution in [0.3, 0.4) is 0 Å². The highest BCUT2D eigenvalue weighted by Crippen LogP contribution is 2.32. The summed E-state index contributed by atoms with van der Waals surface area (Å²) in [6.07, 6.45) is 3.12. The standard InChI is InChI=1S/C23H21N3O6S/c1-31-22-19(13-24-23(25-22)32-2)15-6-5-7-17(12-15)33(29,30)26-14-16(10-11-21(27)28)18-8-3-4-9-20(18)26/h3-9,12-14H,10-11H2,1-2H3,(H,27,28). The molecule has 2 aromatic carbocycles. The number of carboxylic acids is 1. The Morgan fingerprint density at radius 2 is 1.88 bits per heavy atom. The van der Waals surface area contributed by atoms with E-state index in [9.17, 15) is 13.2 Å². The summed E-state index contributed by atoms with van der Waals surface area (Å²) in [5.74, 6) is -0.697. The van der Waals surface area contributed by atoms with Gasteiger partial charge in [-0.05, 0) is 35.7 Å². The zero-order valence-electron chi connectivity index (χ0n) is 17.9. The van der Waals surface area contributed by atoms with Crippen molar-refractivity contribution in [3.8, 4) is 23.0 Å². The number of hydrogen-bond acceptors (Lipinski definition) is 7. The SMILES string of the molecule is COc1ncc(-c2cccc(S(=O)(=O)n3cc(CCC(=O)O)c4ccccc43)c2)c(OC)n1. The highest BCUT2D eigenvalue weighted by Gasteiger charge is 2.22. The fourth-order valence-corrected chi connectivity index (χ4v) is 5.04. The monoisotopic (exact) mass is 467 g/mol. The van der Waals surface area contributed by atoms with E-state index in [-0.39, 0.29) is 29.6 Å². The second-order valence-corrected chi connectivity index (χ2v) is 8.99. The molecule has 0 atom stereocenters. The van der Waals surface area contributed by atoms with Crippen LogP contribution in [0.2, 0.25) is 0 Å². The first-order valence-corrected chi connectivity index (χ1v) is 11.4. The molecular weight excluding hydrogens is 446 g/mol. The van der Waals surface area contributed by atoms with Gasteiger partial charge >= 0.3 is 12.0 Å². The predicted octanol–water partition coefficient (Wildman–Crippen LogP) is 3.37. The molecule has 0 aliphatic rings. The molecule has 9 nitrogen and oxygen atoms in total. The van der Waals surface area contributed by atoms with E-state index in [1.807, 2.05) is 0 Å². The van der Waals surface area contributed by atoms with Crippen molar-refractivity contribution in [2.75, 3.05) is 14.2 Å². The summed E-state index contributed by atoms with van der Waals surface area (Å²) in [5.41, 5.74) is 2.19. The van der Waals surface area contributed by atoms with Crippen LogP contribution in [0.25, 0.3) is 22.0 Å². The Labute approximate surface area is 190 Å². The van der Waals surface area contributed by atoms with Crippen LogP contribution < -0.4 is 9.47 Å². The van der Waals surface area contributed by atoms with Crippen molar-refractivity contribution in [2.45, 2.75) is 17.7 Å². The van der Waals surface area contributed by atoms with Gasteiger partial charge in [-0.25, -0.2) is 17.4 Å². The van der Waals surface area contributed by atoms with E-state index in [0.29, 0.717) is 27.6 Å². The maximum Gasteiger partial charge on any atom is 0.319 e. The van der Waals surface area contributed by atoms with E-state index >= 15 is 0 Å². The van der Waals surface area contributed by atoms with Gasteiger partial charge in [0.15, 0.2) is 0 Å². The highest BCUT2D eigenvalue weighted by atomic mass is 32.2.